The minimum Gasteiger partial charge on any atom is -0.338 e. The van der Waals surface area contributed by atoms with Crippen molar-refractivity contribution in [3.63, 3.8) is 0 Å². The van der Waals surface area contributed by atoms with Crippen LogP contribution < -0.4 is 5.32 Å². The van der Waals surface area contributed by atoms with Crippen molar-refractivity contribution in [3.8, 4) is 0 Å². The van der Waals surface area contributed by atoms with E-state index in [0.29, 0.717) is 18.5 Å². The molecule has 1 N–H and O–H groups in total. The Morgan fingerprint density at radius 3 is 2.82 bits per heavy atom. The van der Waals surface area contributed by atoms with Crippen LogP contribution in [0.2, 0.25) is 0 Å². The molecular formula is C11H19N5O. The molecule has 17 heavy (non-hydrogen) atoms. The molecule has 1 unspecified atom stereocenters. The van der Waals surface area contributed by atoms with Gasteiger partial charge in [-0.05, 0) is 6.54 Å². The second-order valence-electron chi connectivity index (χ2n) is 4.68. The SMILES string of the molecule is CCNCc1nc(C2CN3CCN2CC3)no1. The summed E-state index contributed by atoms with van der Waals surface area (Å²) in [5, 5.41) is 7.31. The highest BCUT2D eigenvalue weighted by Gasteiger charge is 2.35. The summed E-state index contributed by atoms with van der Waals surface area (Å²) in [5.74, 6) is 1.54. The standard InChI is InChI=1S/C11H19N5O/c1-2-12-7-10-13-11(14-17-10)9-8-15-3-5-16(9)6-4-15/h9,12H,2-8H2,1H3. The number of nitrogens with zero attached hydrogens (tertiary/aromatic N) is 4. The van der Waals surface area contributed by atoms with Gasteiger partial charge in [0.05, 0.1) is 12.6 Å². The van der Waals surface area contributed by atoms with Gasteiger partial charge < -0.3 is 9.84 Å². The number of rotatable bonds is 4. The molecule has 3 saturated heterocycles. The predicted octanol–water partition coefficient (Wildman–Crippen LogP) is -0.149. The fraction of sp³-hybridized carbons (Fsp3) is 0.818. The van der Waals surface area contributed by atoms with Crippen LogP contribution in [0.15, 0.2) is 4.52 Å². The summed E-state index contributed by atoms with van der Waals surface area (Å²) in [4.78, 5) is 9.42. The number of hydrogen-bond donors (Lipinski definition) is 1. The molecule has 1 atom stereocenters. The summed E-state index contributed by atoms with van der Waals surface area (Å²) >= 11 is 0. The van der Waals surface area contributed by atoms with Crippen LogP contribution in [0.5, 0.6) is 0 Å². The molecule has 2 bridgehead atoms. The summed E-state index contributed by atoms with van der Waals surface area (Å²) in [5.41, 5.74) is 0. The third kappa shape index (κ3) is 2.20. The lowest BCUT2D eigenvalue weighted by Crippen LogP contribution is -2.57. The van der Waals surface area contributed by atoms with Gasteiger partial charge >= 0.3 is 0 Å². The summed E-state index contributed by atoms with van der Waals surface area (Å²) < 4.78 is 5.26. The van der Waals surface area contributed by atoms with Crippen LogP contribution in [0.1, 0.15) is 24.7 Å². The number of piperazine rings is 3. The van der Waals surface area contributed by atoms with Gasteiger partial charge in [0.25, 0.3) is 0 Å². The van der Waals surface area contributed by atoms with Gasteiger partial charge in [-0.3, -0.25) is 9.80 Å². The molecule has 0 aliphatic carbocycles. The van der Waals surface area contributed by atoms with E-state index >= 15 is 0 Å². The Morgan fingerprint density at radius 1 is 1.35 bits per heavy atom. The van der Waals surface area contributed by atoms with E-state index in [1.807, 2.05) is 0 Å². The molecule has 6 nitrogen and oxygen atoms in total. The zero-order valence-electron chi connectivity index (χ0n) is 10.2. The summed E-state index contributed by atoms with van der Waals surface area (Å²) in [7, 11) is 0. The number of aromatic nitrogens is 2. The Morgan fingerprint density at radius 2 is 2.18 bits per heavy atom. The lowest BCUT2D eigenvalue weighted by Gasteiger charge is -2.46. The molecule has 0 spiro atoms. The molecule has 94 valence electrons. The largest absolute Gasteiger partial charge is 0.338 e. The highest BCUT2D eigenvalue weighted by atomic mass is 16.5. The van der Waals surface area contributed by atoms with E-state index in [0.717, 1.165) is 32.0 Å². The molecule has 3 fully saturated rings. The molecule has 3 aliphatic rings. The fourth-order valence-corrected chi connectivity index (χ4v) is 2.57. The van der Waals surface area contributed by atoms with Gasteiger partial charge in [-0.25, -0.2) is 0 Å². The Labute approximate surface area is 101 Å². The zero-order chi connectivity index (χ0) is 11.7. The maximum absolute atomic E-state index is 5.26. The average molecular weight is 237 g/mol. The van der Waals surface area contributed by atoms with E-state index < -0.39 is 0 Å². The van der Waals surface area contributed by atoms with Crippen LogP contribution in [-0.2, 0) is 6.54 Å². The van der Waals surface area contributed by atoms with E-state index in [2.05, 4.69) is 32.2 Å². The van der Waals surface area contributed by atoms with Crippen LogP contribution in [-0.4, -0.2) is 59.2 Å². The van der Waals surface area contributed by atoms with E-state index in [-0.39, 0.29) is 0 Å². The quantitative estimate of drug-likeness (QED) is 0.786. The molecule has 4 rings (SSSR count). The molecule has 1 aromatic heterocycles. The van der Waals surface area contributed by atoms with Crippen LogP contribution in [0, 0.1) is 0 Å². The van der Waals surface area contributed by atoms with Gasteiger partial charge in [-0.1, -0.05) is 12.1 Å². The Bertz CT molecular complexity index is 372. The van der Waals surface area contributed by atoms with Crippen LogP contribution >= 0.6 is 0 Å². The van der Waals surface area contributed by atoms with Crippen LogP contribution in [0.4, 0.5) is 0 Å². The number of hydrogen-bond acceptors (Lipinski definition) is 6. The van der Waals surface area contributed by atoms with Gasteiger partial charge in [-0.2, -0.15) is 4.98 Å². The van der Waals surface area contributed by atoms with Crippen molar-refractivity contribution >= 4 is 0 Å². The monoisotopic (exact) mass is 237 g/mol. The average Bonchev–Trinajstić information content (AvgIpc) is 2.86. The van der Waals surface area contributed by atoms with Crippen molar-refractivity contribution in [1.29, 1.82) is 0 Å². The molecule has 3 aliphatic heterocycles. The molecule has 0 amide bonds. The van der Waals surface area contributed by atoms with Crippen LogP contribution in [0.25, 0.3) is 0 Å². The maximum Gasteiger partial charge on any atom is 0.240 e. The molecule has 4 heterocycles. The molecule has 1 aromatic rings. The smallest absolute Gasteiger partial charge is 0.240 e. The normalized spacial score (nSPS) is 31.9. The van der Waals surface area contributed by atoms with Crippen molar-refractivity contribution in [1.82, 2.24) is 25.3 Å². The van der Waals surface area contributed by atoms with Crippen molar-refractivity contribution in [2.75, 3.05) is 39.3 Å². The van der Waals surface area contributed by atoms with Crippen molar-refractivity contribution < 1.29 is 4.52 Å². The minimum atomic E-state index is 0.330. The molecule has 0 radical (unpaired) electrons. The van der Waals surface area contributed by atoms with E-state index in [9.17, 15) is 0 Å². The maximum atomic E-state index is 5.26. The summed E-state index contributed by atoms with van der Waals surface area (Å²) in [6.07, 6.45) is 0. The van der Waals surface area contributed by atoms with E-state index in [1.54, 1.807) is 0 Å². The molecule has 0 saturated carbocycles. The van der Waals surface area contributed by atoms with Gasteiger partial charge in [0.2, 0.25) is 5.89 Å². The van der Waals surface area contributed by atoms with Gasteiger partial charge in [0.1, 0.15) is 0 Å². The second-order valence-corrected chi connectivity index (χ2v) is 4.68. The zero-order valence-corrected chi connectivity index (χ0v) is 10.2. The molecule has 0 aromatic carbocycles. The first kappa shape index (κ1) is 11.1. The Balaban J connectivity index is 1.69. The first-order chi connectivity index (χ1) is 8.36. The third-order valence-corrected chi connectivity index (χ3v) is 3.59. The van der Waals surface area contributed by atoms with Gasteiger partial charge in [-0.15, -0.1) is 0 Å². The number of nitrogens with one attached hydrogen (secondary N) is 1. The Hall–Kier alpha value is -0.980. The van der Waals surface area contributed by atoms with Gasteiger partial charge in [0.15, 0.2) is 5.82 Å². The summed E-state index contributed by atoms with van der Waals surface area (Å²) in [6.45, 7) is 9.30. The van der Waals surface area contributed by atoms with Gasteiger partial charge in [0, 0.05) is 32.7 Å². The lowest BCUT2D eigenvalue weighted by atomic mass is 10.1. The number of fused-ring (bicyclic) bond motifs is 3. The van der Waals surface area contributed by atoms with Crippen LogP contribution in [0.3, 0.4) is 0 Å². The van der Waals surface area contributed by atoms with E-state index in [4.69, 9.17) is 4.52 Å². The molecular weight excluding hydrogens is 218 g/mol. The Kier molecular flexibility index (Phi) is 3.09. The minimum absolute atomic E-state index is 0.330. The van der Waals surface area contributed by atoms with Crippen molar-refractivity contribution in [2.24, 2.45) is 0 Å². The first-order valence-corrected chi connectivity index (χ1v) is 6.36. The highest BCUT2D eigenvalue weighted by Crippen LogP contribution is 2.26. The van der Waals surface area contributed by atoms with E-state index in [1.165, 1.54) is 13.1 Å². The summed E-state index contributed by atoms with van der Waals surface area (Å²) in [6, 6.07) is 0.330. The molecule has 6 heteroatoms. The fourth-order valence-electron chi connectivity index (χ4n) is 2.57. The topological polar surface area (TPSA) is 57.4 Å². The second kappa shape index (κ2) is 4.72. The lowest BCUT2D eigenvalue weighted by molar-refractivity contribution is 0.00781. The first-order valence-electron chi connectivity index (χ1n) is 6.36. The van der Waals surface area contributed by atoms with Crippen molar-refractivity contribution in [3.05, 3.63) is 11.7 Å². The third-order valence-electron chi connectivity index (χ3n) is 3.59. The van der Waals surface area contributed by atoms with Crippen molar-refractivity contribution in [2.45, 2.75) is 19.5 Å². The predicted molar refractivity (Wildman–Crippen MR) is 62.4 cm³/mol. The highest BCUT2D eigenvalue weighted by molar-refractivity contribution is 5.01.